The van der Waals surface area contributed by atoms with E-state index in [4.69, 9.17) is 18.9 Å². The van der Waals surface area contributed by atoms with E-state index in [1.807, 2.05) is 91.0 Å². The molecule has 0 unspecified atom stereocenters. The van der Waals surface area contributed by atoms with E-state index < -0.39 is 29.9 Å². The van der Waals surface area contributed by atoms with E-state index in [1.54, 1.807) is 11.8 Å². The van der Waals surface area contributed by atoms with Gasteiger partial charge < -0.3 is 24.1 Å². The van der Waals surface area contributed by atoms with Crippen LogP contribution < -0.4 is 0 Å². The van der Waals surface area contributed by atoms with Gasteiger partial charge in [0.1, 0.15) is 29.9 Å². The van der Waals surface area contributed by atoms with Gasteiger partial charge in [0.2, 0.25) is 0 Å². The van der Waals surface area contributed by atoms with Gasteiger partial charge in [0.15, 0.2) is 0 Å². The minimum atomic E-state index is -0.580. The Bertz CT molecular complexity index is 1270. The molecule has 6 heteroatoms. The Morgan fingerprint density at radius 1 is 0.600 bits per heavy atom. The maximum absolute atomic E-state index is 10.5. The smallest absolute Gasteiger partial charge is 0.137 e. The molecule has 0 aromatic heterocycles. The summed E-state index contributed by atoms with van der Waals surface area (Å²) in [6, 6.07) is 38.5. The van der Waals surface area contributed by atoms with Crippen molar-refractivity contribution in [1.82, 2.24) is 0 Å². The fourth-order valence-electron chi connectivity index (χ4n) is 4.74. The number of rotatable bonds is 12. The second-order valence-electron chi connectivity index (χ2n) is 9.94. The average molecular weight is 557 g/mol. The lowest BCUT2D eigenvalue weighted by molar-refractivity contribution is -0.251. The summed E-state index contributed by atoms with van der Waals surface area (Å²) in [6.45, 7) is 3.04. The van der Waals surface area contributed by atoms with Crippen molar-refractivity contribution in [2.75, 3.05) is 6.61 Å². The molecule has 0 radical (unpaired) electrons. The second-order valence-corrected chi connectivity index (χ2v) is 11.1. The number of aryl methyl sites for hydroxylation is 1. The van der Waals surface area contributed by atoms with Crippen molar-refractivity contribution in [2.24, 2.45) is 0 Å². The van der Waals surface area contributed by atoms with Crippen molar-refractivity contribution >= 4 is 11.8 Å². The van der Waals surface area contributed by atoms with Crippen LogP contribution in [-0.4, -0.2) is 41.6 Å². The first kappa shape index (κ1) is 28.6. The molecular formula is C34H36O5S. The summed E-state index contributed by atoms with van der Waals surface area (Å²) in [6.07, 6.45) is -2.06. The summed E-state index contributed by atoms with van der Waals surface area (Å²) in [5.41, 5.74) is 3.94. The number of hydrogen-bond acceptors (Lipinski definition) is 6. The molecule has 1 saturated heterocycles. The van der Waals surface area contributed by atoms with Crippen molar-refractivity contribution < 1.29 is 24.1 Å². The van der Waals surface area contributed by atoms with Crippen LogP contribution in [0.4, 0.5) is 0 Å². The molecule has 1 fully saturated rings. The van der Waals surface area contributed by atoms with Crippen LogP contribution in [0.5, 0.6) is 0 Å². The highest BCUT2D eigenvalue weighted by atomic mass is 32.2. The van der Waals surface area contributed by atoms with Crippen molar-refractivity contribution in [3.8, 4) is 0 Å². The van der Waals surface area contributed by atoms with Crippen LogP contribution in [0.25, 0.3) is 0 Å². The molecule has 4 aromatic carbocycles. The molecule has 5 rings (SSSR count). The zero-order valence-electron chi connectivity index (χ0n) is 22.7. The number of benzene rings is 4. The molecule has 5 atom stereocenters. The highest BCUT2D eigenvalue weighted by Crippen LogP contribution is 2.38. The Kier molecular flexibility index (Phi) is 10.4. The van der Waals surface area contributed by atoms with E-state index in [0.717, 1.165) is 21.6 Å². The molecule has 0 spiro atoms. The summed E-state index contributed by atoms with van der Waals surface area (Å²) >= 11 is 1.58. The van der Waals surface area contributed by atoms with Crippen LogP contribution in [0.2, 0.25) is 0 Å². The monoisotopic (exact) mass is 556 g/mol. The molecule has 4 aromatic rings. The van der Waals surface area contributed by atoms with Crippen LogP contribution in [-0.2, 0) is 38.8 Å². The number of ether oxygens (including phenoxy) is 4. The standard InChI is InChI=1S/C34H36O5S/c1-25-17-19-29(20-18-25)40-34-33(38-24-28-15-9-4-10-16-28)32(37-23-27-13-7-3-8-14-27)31(30(21-35)39-34)36-22-26-11-5-2-6-12-26/h2-20,30-35H,21-24H2,1H3/t30-,31-,32+,33-,34+/m1/s1. The first-order chi connectivity index (χ1) is 19.7. The van der Waals surface area contributed by atoms with E-state index in [9.17, 15) is 5.11 Å². The van der Waals surface area contributed by atoms with Crippen LogP contribution in [0.1, 0.15) is 22.3 Å². The van der Waals surface area contributed by atoms with E-state index >= 15 is 0 Å². The zero-order valence-corrected chi connectivity index (χ0v) is 23.5. The number of aliphatic hydroxyl groups is 1. The van der Waals surface area contributed by atoms with Gasteiger partial charge in [-0.2, -0.15) is 0 Å². The Morgan fingerprint density at radius 2 is 1.05 bits per heavy atom. The fraction of sp³-hybridized carbons (Fsp3) is 0.294. The molecule has 0 amide bonds. The number of aliphatic hydroxyl groups excluding tert-OH is 1. The molecule has 5 nitrogen and oxygen atoms in total. The molecule has 1 N–H and O–H groups in total. The normalized spacial score (nSPS) is 22.7. The summed E-state index contributed by atoms with van der Waals surface area (Å²) in [5, 5.41) is 10.5. The van der Waals surface area contributed by atoms with Gasteiger partial charge in [-0.05, 0) is 35.7 Å². The lowest BCUT2D eigenvalue weighted by Crippen LogP contribution is -2.60. The lowest BCUT2D eigenvalue weighted by atomic mass is 9.99. The van der Waals surface area contributed by atoms with Gasteiger partial charge in [0.25, 0.3) is 0 Å². The maximum atomic E-state index is 10.5. The molecule has 1 heterocycles. The minimum Gasteiger partial charge on any atom is -0.394 e. The van der Waals surface area contributed by atoms with E-state index in [0.29, 0.717) is 19.8 Å². The Morgan fingerprint density at radius 3 is 1.52 bits per heavy atom. The SMILES string of the molecule is Cc1ccc(S[C@@H]2O[C@H](CO)[C@@H](OCc3ccccc3)[C@H](OCc3ccccc3)[C@H]2OCc2ccccc2)cc1. The fourth-order valence-corrected chi connectivity index (χ4v) is 5.87. The Hall–Kier alpha value is -2.97. The largest absolute Gasteiger partial charge is 0.394 e. The van der Waals surface area contributed by atoms with Crippen LogP contribution in [0, 0.1) is 6.92 Å². The number of hydrogen-bond donors (Lipinski definition) is 1. The molecule has 0 aliphatic carbocycles. The van der Waals surface area contributed by atoms with E-state index in [2.05, 4.69) is 31.2 Å². The average Bonchev–Trinajstić information content (AvgIpc) is 3.01. The highest BCUT2D eigenvalue weighted by Gasteiger charge is 2.48. The van der Waals surface area contributed by atoms with E-state index in [-0.39, 0.29) is 6.61 Å². The predicted octanol–water partition coefficient (Wildman–Crippen LogP) is 6.56. The van der Waals surface area contributed by atoms with Gasteiger partial charge in [-0.25, -0.2) is 0 Å². The molecule has 0 saturated carbocycles. The van der Waals surface area contributed by atoms with Crippen LogP contribution in [0.3, 0.4) is 0 Å². The summed E-state index contributed by atoms with van der Waals surface area (Å²) in [4.78, 5) is 1.06. The van der Waals surface area contributed by atoms with Gasteiger partial charge >= 0.3 is 0 Å². The molecule has 1 aliphatic heterocycles. The second kappa shape index (κ2) is 14.6. The molecule has 208 valence electrons. The predicted molar refractivity (Wildman–Crippen MR) is 158 cm³/mol. The van der Waals surface area contributed by atoms with Crippen molar-refractivity contribution in [3.05, 3.63) is 138 Å². The van der Waals surface area contributed by atoms with Crippen LogP contribution in [0.15, 0.2) is 120 Å². The lowest BCUT2D eigenvalue weighted by Gasteiger charge is -2.45. The Labute approximate surface area is 241 Å². The van der Waals surface area contributed by atoms with Gasteiger partial charge in [0.05, 0.1) is 26.4 Å². The summed E-state index contributed by atoms with van der Waals surface area (Å²) < 4.78 is 26.3. The molecule has 1 aliphatic rings. The quantitative estimate of drug-likeness (QED) is 0.213. The summed E-state index contributed by atoms with van der Waals surface area (Å²) in [5.74, 6) is 0. The third kappa shape index (κ3) is 7.82. The van der Waals surface area contributed by atoms with Crippen LogP contribution >= 0.6 is 11.8 Å². The molecule has 0 bridgehead atoms. The molecule has 40 heavy (non-hydrogen) atoms. The van der Waals surface area contributed by atoms with Gasteiger partial charge in [-0.3, -0.25) is 0 Å². The minimum absolute atomic E-state index is 0.193. The van der Waals surface area contributed by atoms with Crippen molar-refractivity contribution in [2.45, 2.75) is 61.5 Å². The van der Waals surface area contributed by atoms with Crippen molar-refractivity contribution in [1.29, 1.82) is 0 Å². The zero-order chi connectivity index (χ0) is 27.6. The third-order valence-electron chi connectivity index (χ3n) is 6.90. The topological polar surface area (TPSA) is 57.2 Å². The summed E-state index contributed by atoms with van der Waals surface area (Å²) in [7, 11) is 0. The first-order valence-electron chi connectivity index (χ1n) is 13.7. The third-order valence-corrected chi connectivity index (χ3v) is 8.06. The maximum Gasteiger partial charge on any atom is 0.137 e. The van der Waals surface area contributed by atoms with Gasteiger partial charge in [-0.15, -0.1) is 0 Å². The Balaban J connectivity index is 1.44. The van der Waals surface area contributed by atoms with Gasteiger partial charge in [-0.1, -0.05) is 120 Å². The first-order valence-corrected chi connectivity index (χ1v) is 14.5. The van der Waals surface area contributed by atoms with Crippen molar-refractivity contribution in [3.63, 3.8) is 0 Å². The number of thioether (sulfide) groups is 1. The highest BCUT2D eigenvalue weighted by molar-refractivity contribution is 7.99. The van der Waals surface area contributed by atoms with Gasteiger partial charge in [0, 0.05) is 4.90 Å². The van der Waals surface area contributed by atoms with E-state index in [1.165, 1.54) is 5.56 Å². The molecular weight excluding hydrogens is 520 g/mol.